The third kappa shape index (κ3) is 20.7. The first kappa shape index (κ1) is 44.5. The summed E-state index contributed by atoms with van der Waals surface area (Å²) in [5.74, 6) is -10.0. The molecule has 14 nitrogen and oxygen atoms in total. The molecule has 0 aliphatic heterocycles. The van der Waals surface area contributed by atoms with Gasteiger partial charge in [0.15, 0.2) is 11.2 Å². The molecule has 0 spiro atoms. The fraction of sp³-hybridized carbons (Fsp3) is 0.500. The van der Waals surface area contributed by atoms with Gasteiger partial charge in [-0.25, -0.2) is 9.59 Å². The molecule has 0 aliphatic carbocycles. The first-order valence-electron chi connectivity index (χ1n) is 6.34. The van der Waals surface area contributed by atoms with E-state index in [0.29, 0.717) is 0 Å². The Kier molecular flexibility index (Phi) is 30.3. The van der Waals surface area contributed by atoms with Gasteiger partial charge in [-0.3, -0.25) is 19.2 Å². The molecular formula is C12H23Ca3ClO14. The monoisotopic (exact) mass is 546 g/mol. The van der Waals surface area contributed by atoms with Crippen LogP contribution in [0.25, 0.3) is 0 Å². The molecule has 0 atom stereocenters. The van der Waals surface area contributed by atoms with Gasteiger partial charge in [0.1, 0.15) is 0 Å². The van der Waals surface area contributed by atoms with E-state index < -0.39 is 72.7 Å². The molecule has 0 saturated carbocycles. The fourth-order valence-corrected chi connectivity index (χ4v) is 1.43. The van der Waals surface area contributed by atoms with Crippen molar-refractivity contribution in [1.29, 1.82) is 0 Å². The van der Waals surface area contributed by atoms with Crippen molar-refractivity contribution >= 4 is 161 Å². The van der Waals surface area contributed by atoms with Gasteiger partial charge < -0.3 is 40.9 Å². The number of carboxylic acid groups (broad SMARTS) is 6. The third-order valence-electron chi connectivity index (χ3n) is 2.57. The van der Waals surface area contributed by atoms with Gasteiger partial charge >= 0.3 is 149 Å². The summed E-state index contributed by atoms with van der Waals surface area (Å²) in [5, 5.41) is 67.6. The van der Waals surface area contributed by atoms with E-state index in [2.05, 4.69) is 0 Å². The Labute approximate surface area is 264 Å². The molecule has 168 valence electrons. The number of halogens is 1. The van der Waals surface area contributed by atoms with Crippen LogP contribution in [0.5, 0.6) is 0 Å². The Morgan fingerprint density at radius 1 is 0.467 bits per heavy atom. The zero-order valence-electron chi connectivity index (χ0n) is 13.3. The molecule has 0 aliphatic rings. The van der Waals surface area contributed by atoms with E-state index in [0.717, 1.165) is 0 Å². The minimum atomic E-state index is -2.74. The number of aliphatic carboxylic acids is 6. The third-order valence-corrected chi connectivity index (χ3v) is 2.57. The van der Waals surface area contributed by atoms with Crippen LogP contribution >= 0.6 is 12.4 Å². The molecular weight excluding hydrogens is 524 g/mol. The predicted octanol–water partition coefficient (Wildman–Crippen LogP) is -4.82. The van der Waals surface area contributed by atoms with Crippen molar-refractivity contribution in [2.24, 2.45) is 0 Å². The van der Waals surface area contributed by atoms with Gasteiger partial charge in [-0.15, -0.1) is 12.4 Å². The van der Waals surface area contributed by atoms with Crippen LogP contribution in [0.1, 0.15) is 25.7 Å². The van der Waals surface area contributed by atoms with Crippen molar-refractivity contribution < 1.29 is 69.6 Å². The second-order valence-electron chi connectivity index (χ2n) is 4.96. The Hall–Kier alpha value is 0.809. The first-order chi connectivity index (χ1) is 11.6. The van der Waals surface area contributed by atoms with Gasteiger partial charge in [0.05, 0.1) is 25.7 Å². The van der Waals surface area contributed by atoms with Crippen LogP contribution in [0.3, 0.4) is 0 Å². The van der Waals surface area contributed by atoms with Crippen LogP contribution in [-0.2, 0) is 28.8 Å². The number of rotatable bonds is 10. The standard InChI is InChI=1S/2C6H8O7.3Ca.ClH.6H/c2*7-3(8)1-6(13,5(11)12)2-4(9)10;;;;;;;;;;/h2*13H,1-2H2,(H,7,8)(H,9,10)(H,11,12);;;;1H;;;;;;. The molecule has 0 aromatic carbocycles. The van der Waals surface area contributed by atoms with E-state index in [-0.39, 0.29) is 126 Å². The van der Waals surface area contributed by atoms with E-state index in [1.54, 1.807) is 0 Å². The predicted molar refractivity (Wildman–Crippen MR) is 107 cm³/mol. The average Bonchev–Trinajstić information content (AvgIpc) is 2.34. The maximum absolute atomic E-state index is 10.3. The first-order valence-corrected chi connectivity index (χ1v) is 6.34. The topological polar surface area (TPSA) is 264 Å². The summed E-state index contributed by atoms with van der Waals surface area (Å²) in [4.78, 5) is 61.0. The summed E-state index contributed by atoms with van der Waals surface area (Å²) in [5.41, 5.74) is -5.48. The van der Waals surface area contributed by atoms with Gasteiger partial charge in [-0.2, -0.15) is 0 Å². The van der Waals surface area contributed by atoms with Crippen LogP contribution in [0.2, 0.25) is 0 Å². The van der Waals surface area contributed by atoms with Crippen molar-refractivity contribution in [2.45, 2.75) is 36.9 Å². The van der Waals surface area contributed by atoms with Gasteiger partial charge in [-0.05, 0) is 0 Å². The molecule has 0 unspecified atom stereocenters. The van der Waals surface area contributed by atoms with Crippen LogP contribution in [0.15, 0.2) is 0 Å². The van der Waals surface area contributed by atoms with Crippen molar-refractivity contribution in [3.63, 3.8) is 0 Å². The number of hydrogen-bond donors (Lipinski definition) is 8. The van der Waals surface area contributed by atoms with Gasteiger partial charge in [0.2, 0.25) is 0 Å². The summed E-state index contributed by atoms with van der Waals surface area (Å²) in [6, 6.07) is 0. The molecule has 0 aromatic heterocycles. The Balaban J connectivity index is -0.0000000847. The molecule has 0 fully saturated rings. The molecule has 18 heteroatoms. The van der Waals surface area contributed by atoms with E-state index in [4.69, 9.17) is 40.9 Å². The van der Waals surface area contributed by atoms with E-state index >= 15 is 0 Å². The Morgan fingerprint density at radius 3 is 0.667 bits per heavy atom. The minimum absolute atomic E-state index is 0. The molecule has 0 rings (SSSR count). The summed E-state index contributed by atoms with van der Waals surface area (Å²) in [6.45, 7) is 0. The normalized spacial score (nSPS) is 9.40. The van der Waals surface area contributed by atoms with Crippen molar-refractivity contribution in [2.75, 3.05) is 0 Å². The summed E-state index contributed by atoms with van der Waals surface area (Å²) in [7, 11) is 0. The van der Waals surface area contributed by atoms with Crippen molar-refractivity contribution in [3.05, 3.63) is 0 Å². The van der Waals surface area contributed by atoms with Crippen LogP contribution in [0.4, 0.5) is 0 Å². The summed E-state index contributed by atoms with van der Waals surface area (Å²) < 4.78 is 0. The van der Waals surface area contributed by atoms with E-state index in [9.17, 15) is 28.8 Å². The zero-order valence-corrected chi connectivity index (χ0v) is 14.1. The molecule has 8 N–H and O–H groups in total. The van der Waals surface area contributed by atoms with Crippen LogP contribution < -0.4 is 0 Å². The summed E-state index contributed by atoms with van der Waals surface area (Å²) >= 11 is 0. The van der Waals surface area contributed by atoms with Gasteiger partial charge in [-0.1, -0.05) is 0 Å². The molecule has 0 amide bonds. The molecule has 0 heterocycles. The quantitative estimate of drug-likeness (QED) is 0.119. The second kappa shape index (κ2) is 20.4. The van der Waals surface area contributed by atoms with Crippen molar-refractivity contribution in [1.82, 2.24) is 0 Å². The van der Waals surface area contributed by atoms with Crippen LogP contribution in [-0.4, -0.2) is 201 Å². The molecule has 30 heavy (non-hydrogen) atoms. The van der Waals surface area contributed by atoms with E-state index in [1.165, 1.54) is 0 Å². The number of carbonyl (C=O) groups is 6. The van der Waals surface area contributed by atoms with E-state index in [1.807, 2.05) is 0 Å². The zero-order chi connectivity index (χ0) is 21.3. The SMILES string of the molecule is Cl.O=C(O)CC(O)(CC(=O)O)C(=O)O.O=C(O)CC(O)(CC(=O)O)C(=O)O.[CaH2].[CaH2].[CaH2]. The Bertz CT molecular complexity index is 527. The number of carboxylic acids is 6. The number of hydrogen-bond acceptors (Lipinski definition) is 8. The van der Waals surface area contributed by atoms with Crippen LogP contribution in [0, 0.1) is 0 Å². The molecule has 0 bridgehead atoms. The fourth-order valence-electron chi connectivity index (χ4n) is 1.43. The molecule has 0 aromatic rings. The van der Waals surface area contributed by atoms with Gasteiger partial charge in [0.25, 0.3) is 0 Å². The maximum atomic E-state index is 10.3. The summed E-state index contributed by atoms with van der Waals surface area (Å²) in [6.07, 6.45) is -4.58. The second-order valence-corrected chi connectivity index (χ2v) is 4.96. The van der Waals surface area contributed by atoms with Gasteiger partial charge in [0, 0.05) is 0 Å². The Morgan fingerprint density at radius 2 is 0.600 bits per heavy atom. The molecule has 0 radical (unpaired) electrons. The van der Waals surface area contributed by atoms with Crippen molar-refractivity contribution in [3.8, 4) is 0 Å². The average molecular weight is 547 g/mol. The number of aliphatic hydroxyl groups is 2. The molecule has 0 saturated heterocycles.